The van der Waals surface area contributed by atoms with E-state index in [9.17, 15) is 0 Å². The Bertz CT molecular complexity index is 1360. The second kappa shape index (κ2) is 20.4. The summed E-state index contributed by atoms with van der Waals surface area (Å²) in [6.07, 6.45) is 19.1. The van der Waals surface area contributed by atoms with E-state index < -0.39 is 0 Å². The molecule has 7 nitrogen and oxygen atoms in total. The molecule has 4 saturated carbocycles. The highest BCUT2D eigenvalue weighted by Crippen LogP contribution is 2.69. The van der Waals surface area contributed by atoms with E-state index in [4.69, 9.17) is 37.8 Å². The van der Waals surface area contributed by atoms with Gasteiger partial charge in [-0.3, -0.25) is 0 Å². The molecule has 0 aliphatic heterocycles. The zero-order valence-electron chi connectivity index (χ0n) is 31.2. The summed E-state index contributed by atoms with van der Waals surface area (Å²) in [5.74, 6) is 24.1. The molecule has 0 saturated heterocycles. The van der Waals surface area contributed by atoms with Crippen LogP contribution in [0.4, 0.5) is 0 Å². The summed E-state index contributed by atoms with van der Waals surface area (Å²) in [6, 6.07) is 2.94. The lowest BCUT2D eigenvalue weighted by atomic mass is 9.43. The molecule has 7 heteroatoms. The van der Waals surface area contributed by atoms with Crippen molar-refractivity contribution in [2.75, 3.05) is 46.0 Å². The Kier molecular flexibility index (Phi) is 16.4. The molecule has 0 aromatic heterocycles. The molecule has 0 spiro atoms. The zero-order valence-corrected chi connectivity index (χ0v) is 31.2. The SMILES string of the molecule is C#CC#CC#CC#CC#CNCCC[C@@H](C)[C@H]1CC[C@H]2[C@@H]3[C@H](OCCCN)C[C@@H]4C[C@H](OCCCN)CC[C@]4(C)[C@H]3C[C@H](OCCCN)[C@]12C. The molecule has 0 aromatic rings. The average Bonchev–Trinajstić information content (AvgIpc) is 3.47. The van der Waals surface area contributed by atoms with Crippen molar-refractivity contribution < 1.29 is 14.2 Å². The largest absolute Gasteiger partial charge is 0.378 e. The zero-order chi connectivity index (χ0) is 35.8. The maximum atomic E-state index is 6.99. The van der Waals surface area contributed by atoms with E-state index in [1.165, 1.54) is 19.3 Å². The first-order valence-electron chi connectivity index (χ1n) is 19.5. The molecule has 0 amide bonds. The minimum atomic E-state index is 0.102. The van der Waals surface area contributed by atoms with Crippen molar-refractivity contribution in [1.29, 1.82) is 0 Å². The third-order valence-corrected chi connectivity index (χ3v) is 13.1. The molecule has 274 valence electrons. The van der Waals surface area contributed by atoms with Gasteiger partial charge in [0.05, 0.1) is 18.3 Å². The van der Waals surface area contributed by atoms with E-state index in [2.05, 4.69) is 79.5 Å². The normalized spacial score (nSPS) is 34.3. The van der Waals surface area contributed by atoms with E-state index in [0.717, 1.165) is 84.2 Å². The quantitative estimate of drug-likeness (QED) is 0.0999. The molecule has 0 radical (unpaired) electrons. The third-order valence-electron chi connectivity index (χ3n) is 13.1. The number of ether oxygens (including phenoxy) is 3. The second-order valence-corrected chi connectivity index (χ2v) is 15.7. The minimum absolute atomic E-state index is 0.102. The Morgan fingerprint density at radius 3 is 2.12 bits per heavy atom. The van der Waals surface area contributed by atoms with Crippen LogP contribution < -0.4 is 22.5 Å². The number of nitrogens with one attached hydrogen (secondary N) is 1. The highest BCUT2D eigenvalue weighted by Gasteiger charge is 2.66. The monoisotopic (exact) mass is 684 g/mol. The Hall–Kier alpha value is -2.64. The molecule has 4 rings (SSSR count). The van der Waals surface area contributed by atoms with Crippen molar-refractivity contribution in [1.82, 2.24) is 5.32 Å². The van der Waals surface area contributed by atoms with Crippen LogP contribution >= 0.6 is 0 Å². The Balaban J connectivity index is 1.49. The molecular formula is C43H64N4O3. The van der Waals surface area contributed by atoms with Crippen LogP contribution in [0.25, 0.3) is 0 Å². The standard InChI is InChI=1S/C43H64N4O3/c1-5-6-7-8-9-10-11-12-25-47-26-13-17-33(2)36-18-19-37-41-38(32-40(43(36,37)4)50-29-16-24-46)42(3)21-20-35(48-27-14-22-44)30-34(42)31-39(41)49-28-15-23-45/h1,33-41,47H,13-24,26-32,44-46H2,2-4H3/t33-,34+,35-,36-,37+,38+,39-,40+,41+,42+,43-/m1/s1. The lowest BCUT2D eigenvalue weighted by molar-refractivity contribution is -0.227. The molecule has 4 aliphatic rings. The molecule has 0 heterocycles. The third kappa shape index (κ3) is 9.82. The Labute approximate surface area is 304 Å². The summed E-state index contributed by atoms with van der Waals surface area (Å²) in [7, 11) is 0. The Morgan fingerprint density at radius 2 is 1.42 bits per heavy atom. The molecule has 4 aliphatic carbocycles. The van der Waals surface area contributed by atoms with Gasteiger partial charge < -0.3 is 36.7 Å². The van der Waals surface area contributed by atoms with Gasteiger partial charge in [-0.05, 0) is 161 Å². The van der Waals surface area contributed by atoms with Crippen molar-refractivity contribution in [3.05, 3.63) is 0 Å². The molecule has 50 heavy (non-hydrogen) atoms. The van der Waals surface area contributed by atoms with Gasteiger partial charge in [-0.2, -0.15) is 0 Å². The van der Waals surface area contributed by atoms with Crippen molar-refractivity contribution in [2.45, 2.75) is 116 Å². The number of nitrogens with two attached hydrogens (primary N) is 3. The number of fused-ring (bicyclic) bond motifs is 5. The number of rotatable bonds is 17. The fraction of sp³-hybridized carbons (Fsp3) is 0.767. The van der Waals surface area contributed by atoms with Gasteiger partial charge in [0.2, 0.25) is 0 Å². The van der Waals surface area contributed by atoms with Crippen molar-refractivity contribution >= 4 is 0 Å². The van der Waals surface area contributed by atoms with Crippen LogP contribution in [0.5, 0.6) is 0 Å². The van der Waals surface area contributed by atoms with E-state index in [1.807, 2.05) is 0 Å². The van der Waals surface area contributed by atoms with Crippen LogP contribution in [-0.4, -0.2) is 64.3 Å². The molecule has 4 fully saturated rings. The van der Waals surface area contributed by atoms with Crippen molar-refractivity contribution in [3.8, 4) is 59.8 Å². The van der Waals surface area contributed by atoms with Crippen LogP contribution in [-0.2, 0) is 14.2 Å². The van der Waals surface area contributed by atoms with Gasteiger partial charge >= 0.3 is 0 Å². The molecule has 0 aromatic carbocycles. The van der Waals surface area contributed by atoms with Gasteiger partial charge in [0.15, 0.2) is 0 Å². The van der Waals surface area contributed by atoms with Gasteiger partial charge in [-0.1, -0.05) is 20.8 Å². The van der Waals surface area contributed by atoms with E-state index >= 15 is 0 Å². The molecule has 0 unspecified atom stereocenters. The van der Waals surface area contributed by atoms with Crippen molar-refractivity contribution in [3.63, 3.8) is 0 Å². The lowest BCUT2D eigenvalue weighted by Crippen LogP contribution is -2.63. The summed E-state index contributed by atoms with van der Waals surface area (Å²) in [5, 5.41) is 3.22. The van der Waals surface area contributed by atoms with Crippen LogP contribution in [0.15, 0.2) is 0 Å². The summed E-state index contributed by atoms with van der Waals surface area (Å²) >= 11 is 0. The second-order valence-electron chi connectivity index (χ2n) is 15.7. The summed E-state index contributed by atoms with van der Waals surface area (Å²) in [5.41, 5.74) is 18.1. The highest BCUT2D eigenvalue weighted by molar-refractivity contribution is 5.41. The lowest BCUT2D eigenvalue weighted by Gasteiger charge is -2.65. The first-order chi connectivity index (χ1) is 24.3. The van der Waals surface area contributed by atoms with Gasteiger partial charge in [0.25, 0.3) is 0 Å². The maximum absolute atomic E-state index is 6.99. The van der Waals surface area contributed by atoms with E-state index in [0.29, 0.717) is 61.2 Å². The first-order valence-corrected chi connectivity index (χ1v) is 19.5. The first kappa shape index (κ1) is 40.1. The van der Waals surface area contributed by atoms with Gasteiger partial charge in [-0.15, -0.1) is 6.42 Å². The molecule has 11 atom stereocenters. The predicted octanol–water partition coefficient (Wildman–Crippen LogP) is 4.68. The predicted molar refractivity (Wildman–Crippen MR) is 203 cm³/mol. The van der Waals surface area contributed by atoms with Gasteiger partial charge in [-0.25, -0.2) is 0 Å². The number of hydrogen-bond donors (Lipinski definition) is 4. The maximum Gasteiger partial charge on any atom is 0.0637 e. The summed E-state index contributed by atoms with van der Waals surface area (Å²) in [6.45, 7) is 12.8. The number of hydrogen-bond acceptors (Lipinski definition) is 7. The summed E-state index contributed by atoms with van der Waals surface area (Å²) in [4.78, 5) is 0. The molecular weight excluding hydrogens is 620 g/mol. The topological polar surface area (TPSA) is 118 Å². The van der Waals surface area contributed by atoms with Crippen LogP contribution in [0.1, 0.15) is 97.8 Å². The summed E-state index contributed by atoms with van der Waals surface area (Å²) < 4.78 is 20.3. The van der Waals surface area contributed by atoms with Gasteiger partial charge in [0.1, 0.15) is 0 Å². The smallest absolute Gasteiger partial charge is 0.0637 e. The van der Waals surface area contributed by atoms with Crippen molar-refractivity contribution in [2.24, 2.45) is 63.5 Å². The van der Waals surface area contributed by atoms with Crippen LogP contribution in [0, 0.1) is 106 Å². The Morgan fingerprint density at radius 1 is 0.760 bits per heavy atom. The van der Waals surface area contributed by atoms with Crippen LogP contribution in [0.3, 0.4) is 0 Å². The van der Waals surface area contributed by atoms with E-state index in [-0.39, 0.29) is 23.0 Å². The van der Waals surface area contributed by atoms with Gasteiger partial charge in [0, 0.05) is 61.5 Å². The average molecular weight is 685 g/mol. The minimum Gasteiger partial charge on any atom is -0.378 e. The molecule has 7 N–H and O–H groups in total. The van der Waals surface area contributed by atoms with E-state index in [1.54, 1.807) is 0 Å². The highest BCUT2D eigenvalue weighted by atomic mass is 16.5. The fourth-order valence-corrected chi connectivity index (χ4v) is 10.6. The number of terminal acetylenes is 1. The van der Waals surface area contributed by atoms with Crippen LogP contribution in [0.2, 0.25) is 0 Å². The molecule has 0 bridgehead atoms. The fourth-order valence-electron chi connectivity index (χ4n) is 10.6.